The molecule has 8 atom stereocenters. The van der Waals surface area contributed by atoms with Crippen molar-refractivity contribution in [3.63, 3.8) is 0 Å². The summed E-state index contributed by atoms with van der Waals surface area (Å²) in [6.45, 7) is 4.56. The van der Waals surface area contributed by atoms with Crippen molar-refractivity contribution in [2.45, 2.75) is 171 Å². The van der Waals surface area contributed by atoms with Gasteiger partial charge in [0.15, 0.2) is 0 Å². The number of rotatable bonds is 20. The van der Waals surface area contributed by atoms with Crippen LogP contribution < -0.4 is 31.9 Å². The van der Waals surface area contributed by atoms with Crippen LogP contribution in [0.5, 0.6) is 0 Å². The van der Waals surface area contributed by atoms with E-state index in [1.807, 2.05) is 31.2 Å². The number of nitrogens with one attached hydrogen (secondary N) is 6. The normalized spacial score (nSPS) is 22.5. The maximum absolute atomic E-state index is 14.3. The Hall–Kier alpha value is -4.82. The van der Waals surface area contributed by atoms with Gasteiger partial charge in [0.25, 0.3) is 0 Å². The second-order valence-electron chi connectivity index (χ2n) is 18.1. The third-order valence-corrected chi connectivity index (χ3v) is 13.9. The summed E-state index contributed by atoms with van der Waals surface area (Å²) in [6.07, 6.45) is 12.3. The van der Waals surface area contributed by atoms with Gasteiger partial charge in [0.2, 0.25) is 35.4 Å². The number of fused-ring (bicyclic) bond motifs is 2. The van der Waals surface area contributed by atoms with Gasteiger partial charge in [0, 0.05) is 13.1 Å². The molecule has 2 aliphatic carbocycles. The Kier molecular flexibility index (Phi) is 17.6. The number of hydrogen-bond donors (Lipinski definition) is 6. The van der Waals surface area contributed by atoms with Gasteiger partial charge in [-0.1, -0.05) is 81.1 Å². The Morgan fingerprint density at radius 3 is 1.49 bits per heavy atom. The SMILES string of the molecule is CC[C@@H](NC)C(=O)N[C@@H](CCCCCC[C@H](NC(=O)[C@H](C)NC)C(=O)N1CCC[C@H]1C(=O)N[C@@H]1CCCc2ccccc21)C(=O)N1CCC[C@H]1C(=O)N[C@@H]1CCCc2ccccc21. The molecule has 0 bridgehead atoms. The van der Waals surface area contributed by atoms with Gasteiger partial charge in [-0.3, -0.25) is 28.8 Å². The first-order valence-corrected chi connectivity index (χ1v) is 23.9. The molecule has 0 saturated carbocycles. The molecule has 6 amide bonds. The minimum absolute atomic E-state index is 0.0899. The zero-order chi connectivity index (χ0) is 44.9. The quantitative estimate of drug-likeness (QED) is 0.107. The van der Waals surface area contributed by atoms with Crippen LogP contribution in [0.2, 0.25) is 0 Å². The Bertz CT molecular complexity index is 1900. The van der Waals surface area contributed by atoms with E-state index in [1.54, 1.807) is 30.8 Å². The lowest BCUT2D eigenvalue weighted by Crippen LogP contribution is -2.56. The van der Waals surface area contributed by atoms with Crippen LogP contribution >= 0.6 is 0 Å². The number of amides is 6. The average molecular weight is 869 g/mol. The number of carbonyl (C=O) groups excluding carboxylic acids is 6. The van der Waals surface area contributed by atoms with E-state index in [4.69, 9.17) is 0 Å². The standard InChI is InChI=1S/C49H72N8O6/c1-5-37(51-4)45(59)55-41(49(63)57-31-17-29-43(57)47(61)53-39-27-15-21-34-19-11-13-23-36(34)39)25-9-7-6-8-24-40(54-44(58)32(2)50-3)48(62)56-30-16-28-42(56)46(60)52-38-26-14-20-33-18-10-12-22-35(33)38/h10-13,18-19,22-23,32,37-43,50-51H,5-9,14-17,20-21,24-31H2,1-4H3,(H,52,60)(H,53,61)(H,54,58)(H,55,59)/t32-,37+,38+,39+,40-,41-,42-,43-/m0/s1. The fourth-order valence-corrected chi connectivity index (χ4v) is 10.1. The Balaban J connectivity index is 1.05. The molecule has 0 unspecified atom stereocenters. The molecule has 2 fully saturated rings. The zero-order valence-corrected chi connectivity index (χ0v) is 38.0. The molecule has 2 aromatic rings. The Morgan fingerprint density at radius 1 is 0.587 bits per heavy atom. The molecule has 6 rings (SSSR count). The van der Waals surface area contributed by atoms with E-state index in [0.717, 1.165) is 62.5 Å². The smallest absolute Gasteiger partial charge is 0.245 e. The van der Waals surface area contributed by atoms with E-state index in [0.29, 0.717) is 70.9 Å². The molecule has 2 aromatic carbocycles. The molecule has 0 radical (unpaired) electrons. The molecular formula is C49H72N8O6. The predicted molar refractivity (Wildman–Crippen MR) is 243 cm³/mol. The molecule has 14 heteroatoms. The van der Waals surface area contributed by atoms with E-state index in [2.05, 4.69) is 56.2 Å². The summed E-state index contributed by atoms with van der Waals surface area (Å²) in [5.74, 6) is -1.30. The number of benzene rings is 2. The van der Waals surface area contributed by atoms with Crippen molar-refractivity contribution in [1.29, 1.82) is 0 Å². The maximum atomic E-state index is 14.3. The van der Waals surface area contributed by atoms with Gasteiger partial charge in [-0.05, 0) is 127 Å². The highest BCUT2D eigenvalue weighted by Gasteiger charge is 2.40. The molecule has 2 aliphatic heterocycles. The van der Waals surface area contributed by atoms with Crippen LogP contribution in [-0.2, 0) is 41.6 Å². The number of unbranched alkanes of at least 4 members (excludes halogenated alkanes) is 3. The lowest BCUT2D eigenvalue weighted by atomic mass is 9.87. The van der Waals surface area contributed by atoms with Crippen molar-refractivity contribution in [3.05, 3.63) is 70.8 Å². The fourth-order valence-electron chi connectivity index (χ4n) is 10.1. The zero-order valence-electron chi connectivity index (χ0n) is 38.0. The molecule has 6 N–H and O–H groups in total. The number of carbonyl (C=O) groups is 6. The van der Waals surface area contributed by atoms with Crippen LogP contribution in [0.1, 0.15) is 144 Å². The van der Waals surface area contributed by atoms with Crippen LogP contribution in [0.15, 0.2) is 48.5 Å². The minimum atomic E-state index is -0.793. The largest absolute Gasteiger partial charge is 0.347 e. The van der Waals surface area contributed by atoms with Crippen LogP contribution in [0.4, 0.5) is 0 Å². The van der Waals surface area contributed by atoms with Gasteiger partial charge >= 0.3 is 0 Å². The first-order chi connectivity index (χ1) is 30.5. The summed E-state index contributed by atoms with van der Waals surface area (Å²) in [7, 11) is 3.42. The summed E-state index contributed by atoms with van der Waals surface area (Å²) in [6, 6.07) is 12.5. The van der Waals surface area contributed by atoms with E-state index in [-0.39, 0.29) is 47.5 Å². The van der Waals surface area contributed by atoms with E-state index < -0.39 is 36.3 Å². The van der Waals surface area contributed by atoms with Gasteiger partial charge in [-0.15, -0.1) is 0 Å². The molecule has 2 heterocycles. The van der Waals surface area contributed by atoms with Crippen molar-refractivity contribution < 1.29 is 28.8 Å². The maximum Gasteiger partial charge on any atom is 0.245 e. The topological polar surface area (TPSA) is 181 Å². The van der Waals surface area contributed by atoms with E-state index >= 15 is 0 Å². The van der Waals surface area contributed by atoms with E-state index in [9.17, 15) is 28.8 Å². The molecule has 4 aliphatic rings. The number of likely N-dealkylation sites (tertiary alicyclic amines) is 2. The van der Waals surface area contributed by atoms with Crippen LogP contribution in [0.3, 0.4) is 0 Å². The lowest BCUT2D eigenvalue weighted by molar-refractivity contribution is -0.142. The Morgan fingerprint density at radius 2 is 1.05 bits per heavy atom. The lowest BCUT2D eigenvalue weighted by Gasteiger charge is -2.32. The second-order valence-corrected chi connectivity index (χ2v) is 18.1. The van der Waals surface area contributed by atoms with Crippen molar-refractivity contribution in [3.8, 4) is 0 Å². The van der Waals surface area contributed by atoms with Crippen LogP contribution in [-0.4, -0.2) is 109 Å². The first kappa shape index (κ1) is 47.7. The fraction of sp³-hybridized carbons (Fsp3) is 0.633. The van der Waals surface area contributed by atoms with Crippen molar-refractivity contribution in [2.24, 2.45) is 0 Å². The third-order valence-electron chi connectivity index (χ3n) is 13.9. The van der Waals surface area contributed by atoms with Gasteiger partial charge in [-0.25, -0.2) is 0 Å². The molecule has 2 saturated heterocycles. The summed E-state index contributed by atoms with van der Waals surface area (Å²) < 4.78 is 0. The highest BCUT2D eigenvalue weighted by Crippen LogP contribution is 2.32. The minimum Gasteiger partial charge on any atom is -0.347 e. The molecule has 344 valence electrons. The molecule has 63 heavy (non-hydrogen) atoms. The van der Waals surface area contributed by atoms with Crippen LogP contribution in [0.25, 0.3) is 0 Å². The highest BCUT2D eigenvalue weighted by molar-refractivity contribution is 5.94. The van der Waals surface area contributed by atoms with Crippen molar-refractivity contribution >= 4 is 35.4 Å². The van der Waals surface area contributed by atoms with Crippen molar-refractivity contribution in [1.82, 2.24) is 41.7 Å². The summed E-state index contributed by atoms with van der Waals surface area (Å²) in [5.41, 5.74) is 4.79. The highest BCUT2D eigenvalue weighted by atomic mass is 16.2. The second kappa shape index (κ2) is 23.2. The Labute approximate surface area is 374 Å². The summed E-state index contributed by atoms with van der Waals surface area (Å²) >= 11 is 0. The van der Waals surface area contributed by atoms with Gasteiger partial charge < -0.3 is 41.7 Å². The first-order valence-electron chi connectivity index (χ1n) is 23.9. The van der Waals surface area contributed by atoms with Crippen LogP contribution in [0, 0.1) is 0 Å². The predicted octanol–water partition coefficient (Wildman–Crippen LogP) is 4.27. The van der Waals surface area contributed by atoms with Crippen molar-refractivity contribution in [2.75, 3.05) is 27.2 Å². The number of nitrogens with zero attached hydrogens (tertiary/aromatic N) is 2. The number of likely N-dealkylation sites (N-methyl/N-ethyl adjacent to an activating group) is 2. The molecular weight excluding hydrogens is 797 g/mol. The monoisotopic (exact) mass is 869 g/mol. The summed E-state index contributed by atoms with van der Waals surface area (Å²) in [5, 5.41) is 18.5. The molecule has 0 spiro atoms. The van der Waals surface area contributed by atoms with Gasteiger partial charge in [-0.2, -0.15) is 0 Å². The van der Waals surface area contributed by atoms with E-state index in [1.165, 1.54) is 11.1 Å². The van der Waals surface area contributed by atoms with Gasteiger partial charge in [0.1, 0.15) is 24.2 Å². The molecule has 14 nitrogen and oxygen atoms in total. The third kappa shape index (κ3) is 12.1. The molecule has 0 aromatic heterocycles. The summed E-state index contributed by atoms with van der Waals surface area (Å²) in [4.78, 5) is 86.0. The van der Waals surface area contributed by atoms with Gasteiger partial charge in [0.05, 0.1) is 24.2 Å². The number of hydrogen-bond acceptors (Lipinski definition) is 8. The average Bonchev–Trinajstić information content (AvgIpc) is 4.01. The number of aryl methyl sites for hydroxylation is 2.